The Hall–Kier alpha value is -4.21. The maximum absolute atomic E-state index is 13.8. The summed E-state index contributed by atoms with van der Waals surface area (Å²) in [5.41, 5.74) is 3.63. The second-order valence-electron chi connectivity index (χ2n) is 8.40. The Labute approximate surface area is 202 Å². The van der Waals surface area contributed by atoms with E-state index in [9.17, 15) is 4.79 Å². The summed E-state index contributed by atoms with van der Waals surface area (Å²) in [7, 11) is 3.21. The van der Waals surface area contributed by atoms with Crippen molar-refractivity contribution in [3.05, 3.63) is 65.2 Å². The van der Waals surface area contributed by atoms with E-state index in [-0.39, 0.29) is 11.9 Å². The van der Waals surface area contributed by atoms with Gasteiger partial charge >= 0.3 is 0 Å². The van der Waals surface area contributed by atoms with Crippen LogP contribution in [0.25, 0.3) is 17.1 Å². The van der Waals surface area contributed by atoms with Crippen LogP contribution >= 0.6 is 0 Å². The third-order valence-electron chi connectivity index (χ3n) is 6.37. The first-order valence-corrected chi connectivity index (χ1v) is 11.4. The van der Waals surface area contributed by atoms with Gasteiger partial charge in [0.1, 0.15) is 11.5 Å². The molecule has 0 N–H and O–H groups in total. The van der Waals surface area contributed by atoms with Gasteiger partial charge in [-0.1, -0.05) is 11.2 Å². The molecule has 1 unspecified atom stereocenters. The van der Waals surface area contributed by atoms with Crippen LogP contribution in [-0.2, 0) is 0 Å². The first-order chi connectivity index (χ1) is 17.0. The molecule has 0 spiro atoms. The molecule has 3 heterocycles. The lowest BCUT2D eigenvalue weighted by Gasteiger charge is -2.24. The summed E-state index contributed by atoms with van der Waals surface area (Å²) in [6.45, 7) is 4.44. The fourth-order valence-corrected chi connectivity index (χ4v) is 4.55. The highest BCUT2D eigenvalue weighted by Gasteiger charge is 2.35. The van der Waals surface area contributed by atoms with Gasteiger partial charge < -0.3 is 18.9 Å². The third-order valence-corrected chi connectivity index (χ3v) is 6.37. The number of hydrogen-bond donors (Lipinski definition) is 0. The van der Waals surface area contributed by atoms with E-state index in [4.69, 9.17) is 14.0 Å². The van der Waals surface area contributed by atoms with Crippen LogP contribution in [0.4, 0.5) is 0 Å². The molecule has 1 fully saturated rings. The maximum atomic E-state index is 13.8. The van der Waals surface area contributed by atoms with E-state index in [1.165, 1.54) is 4.80 Å². The van der Waals surface area contributed by atoms with Crippen LogP contribution in [0, 0.1) is 13.8 Å². The molecule has 10 heteroatoms. The fourth-order valence-electron chi connectivity index (χ4n) is 4.55. The van der Waals surface area contributed by atoms with Gasteiger partial charge in [-0.2, -0.15) is 20.0 Å². The first kappa shape index (κ1) is 22.6. The van der Waals surface area contributed by atoms with Gasteiger partial charge in [-0.05, 0) is 56.5 Å². The van der Waals surface area contributed by atoms with E-state index in [1.807, 2.05) is 38.1 Å². The van der Waals surface area contributed by atoms with Crippen LogP contribution in [0.1, 0.15) is 46.2 Å². The molecule has 1 saturated heterocycles. The minimum absolute atomic E-state index is 0.165. The standard InChI is InChI=1S/C25H26N6O4/c1-15-13-20(31-26-10-11-27-31)18(14-22(15)34-4)25(32)30-12-6-8-19(30)23-28-24(35-29-23)17-7-5-9-21(33-3)16(17)2/h5,7,9-11,13-14,19H,6,8,12H2,1-4H3. The van der Waals surface area contributed by atoms with Gasteiger partial charge in [-0.25, -0.2) is 0 Å². The Morgan fingerprint density at radius 1 is 1.09 bits per heavy atom. The maximum Gasteiger partial charge on any atom is 0.258 e. The van der Waals surface area contributed by atoms with Gasteiger partial charge in [0.05, 0.1) is 43.9 Å². The number of aromatic nitrogens is 5. The van der Waals surface area contributed by atoms with Crippen molar-refractivity contribution >= 4 is 5.91 Å². The molecule has 1 atom stereocenters. The molecule has 0 aliphatic carbocycles. The number of methoxy groups -OCH3 is 2. The van der Waals surface area contributed by atoms with E-state index >= 15 is 0 Å². The number of hydrogen-bond acceptors (Lipinski definition) is 8. The van der Waals surface area contributed by atoms with Gasteiger partial charge in [0.15, 0.2) is 5.82 Å². The quantitative estimate of drug-likeness (QED) is 0.414. The zero-order valence-electron chi connectivity index (χ0n) is 20.1. The largest absolute Gasteiger partial charge is 0.496 e. The molecule has 0 bridgehead atoms. The zero-order chi connectivity index (χ0) is 24.5. The molecule has 2 aromatic carbocycles. The summed E-state index contributed by atoms with van der Waals surface area (Å²) in [6, 6.07) is 8.97. The Bertz CT molecular complexity index is 1360. The third kappa shape index (κ3) is 4.01. The van der Waals surface area contributed by atoms with Crippen LogP contribution in [-0.4, -0.2) is 56.7 Å². The second-order valence-corrected chi connectivity index (χ2v) is 8.40. The Morgan fingerprint density at radius 2 is 1.86 bits per heavy atom. The lowest BCUT2D eigenvalue weighted by atomic mass is 10.1. The van der Waals surface area contributed by atoms with Crippen LogP contribution in [0.15, 0.2) is 47.2 Å². The van der Waals surface area contributed by atoms with Crippen molar-refractivity contribution in [3.63, 3.8) is 0 Å². The number of benzene rings is 2. The van der Waals surface area contributed by atoms with Gasteiger partial charge in [0.2, 0.25) is 0 Å². The first-order valence-electron chi connectivity index (χ1n) is 11.4. The average Bonchev–Trinajstić information content (AvgIpc) is 3.65. The van der Waals surface area contributed by atoms with Gasteiger partial charge in [0.25, 0.3) is 11.8 Å². The van der Waals surface area contributed by atoms with Crippen molar-refractivity contribution in [2.45, 2.75) is 32.7 Å². The van der Waals surface area contributed by atoms with E-state index < -0.39 is 0 Å². The van der Waals surface area contributed by atoms with Crippen molar-refractivity contribution < 1.29 is 18.8 Å². The summed E-state index contributed by atoms with van der Waals surface area (Å²) in [5.74, 6) is 2.07. The van der Waals surface area contributed by atoms with Crippen molar-refractivity contribution in [2.24, 2.45) is 0 Å². The summed E-state index contributed by atoms with van der Waals surface area (Å²) in [5, 5.41) is 12.7. The summed E-state index contributed by atoms with van der Waals surface area (Å²) >= 11 is 0. The normalized spacial score (nSPS) is 15.4. The lowest BCUT2D eigenvalue weighted by Crippen LogP contribution is -2.32. The molecule has 180 valence electrons. The predicted octanol–water partition coefficient (Wildman–Crippen LogP) is 3.93. The minimum Gasteiger partial charge on any atom is -0.496 e. The number of carbonyl (C=O) groups excluding carboxylic acids is 1. The van der Waals surface area contributed by atoms with Crippen LogP contribution in [0.2, 0.25) is 0 Å². The minimum atomic E-state index is -0.309. The van der Waals surface area contributed by atoms with Crippen LogP contribution in [0.3, 0.4) is 0 Å². The molecule has 10 nitrogen and oxygen atoms in total. The molecule has 35 heavy (non-hydrogen) atoms. The number of ether oxygens (including phenoxy) is 2. The second kappa shape index (κ2) is 9.21. The topological polar surface area (TPSA) is 108 Å². The number of rotatable bonds is 6. The van der Waals surface area contributed by atoms with Crippen molar-refractivity contribution in [1.82, 2.24) is 30.0 Å². The van der Waals surface area contributed by atoms with E-state index in [0.717, 1.165) is 35.3 Å². The van der Waals surface area contributed by atoms with Crippen LogP contribution < -0.4 is 9.47 Å². The highest BCUT2D eigenvalue weighted by molar-refractivity contribution is 5.98. The molecule has 4 aromatic rings. The number of nitrogens with zero attached hydrogens (tertiary/aromatic N) is 6. The Morgan fingerprint density at radius 3 is 2.60 bits per heavy atom. The van der Waals surface area contributed by atoms with E-state index in [0.29, 0.717) is 35.3 Å². The van der Waals surface area contributed by atoms with E-state index in [2.05, 4.69) is 20.3 Å². The smallest absolute Gasteiger partial charge is 0.258 e. The highest BCUT2D eigenvalue weighted by Crippen LogP contribution is 2.36. The molecule has 2 aromatic heterocycles. The Kier molecular flexibility index (Phi) is 5.94. The number of aryl methyl sites for hydroxylation is 1. The zero-order valence-corrected chi connectivity index (χ0v) is 20.1. The molecule has 1 aliphatic rings. The summed E-state index contributed by atoms with van der Waals surface area (Å²) < 4.78 is 16.5. The number of amides is 1. The molecular weight excluding hydrogens is 448 g/mol. The van der Waals surface area contributed by atoms with Gasteiger partial charge in [-0.3, -0.25) is 4.79 Å². The van der Waals surface area contributed by atoms with Gasteiger partial charge in [-0.15, -0.1) is 0 Å². The monoisotopic (exact) mass is 474 g/mol. The molecule has 0 saturated carbocycles. The lowest BCUT2D eigenvalue weighted by molar-refractivity contribution is 0.0727. The predicted molar refractivity (Wildman–Crippen MR) is 127 cm³/mol. The van der Waals surface area contributed by atoms with Crippen LogP contribution in [0.5, 0.6) is 11.5 Å². The van der Waals surface area contributed by atoms with Crippen molar-refractivity contribution in [3.8, 4) is 28.6 Å². The Balaban J connectivity index is 1.49. The molecular formula is C25H26N6O4. The van der Waals surface area contributed by atoms with Gasteiger partial charge in [0, 0.05) is 17.7 Å². The summed E-state index contributed by atoms with van der Waals surface area (Å²) in [4.78, 5) is 21.7. The molecule has 5 rings (SSSR count). The molecule has 1 aliphatic heterocycles. The van der Waals surface area contributed by atoms with E-state index in [1.54, 1.807) is 37.6 Å². The average molecular weight is 475 g/mol. The number of carbonyl (C=O) groups is 1. The fraction of sp³-hybridized carbons (Fsp3) is 0.320. The number of likely N-dealkylation sites (tertiary alicyclic amines) is 1. The summed E-state index contributed by atoms with van der Waals surface area (Å²) in [6.07, 6.45) is 4.72. The van der Waals surface area contributed by atoms with Crippen molar-refractivity contribution in [2.75, 3.05) is 20.8 Å². The SMILES string of the molecule is COc1cc(C(=O)N2CCCC2c2noc(-c3cccc(OC)c3C)n2)c(-n2nccn2)cc1C. The molecule has 0 radical (unpaired) electrons. The van der Waals surface area contributed by atoms with Crippen molar-refractivity contribution in [1.29, 1.82) is 0 Å². The highest BCUT2D eigenvalue weighted by atomic mass is 16.5. The molecule has 1 amide bonds.